The zero-order valence-electron chi connectivity index (χ0n) is 8.20. The number of benzene rings is 1. The third kappa shape index (κ3) is 3.02. The topological polar surface area (TPSA) is 21.3 Å². The Balaban J connectivity index is 2.11. The van der Waals surface area contributed by atoms with Crippen LogP contribution in [-0.2, 0) is 16.5 Å². The Morgan fingerprint density at radius 2 is 2.13 bits per heavy atom. The smallest absolute Gasteiger partial charge is 0.0949 e. The average Bonchev–Trinajstić information content (AvgIpc) is 2.30. The van der Waals surface area contributed by atoms with Crippen molar-refractivity contribution in [2.45, 2.75) is 6.10 Å². The summed E-state index contributed by atoms with van der Waals surface area (Å²) in [5.74, 6) is 0. The first-order valence-corrected chi connectivity index (χ1v) is 8.54. The minimum absolute atomic E-state index is 0.170. The van der Waals surface area contributed by atoms with Crippen LogP contribution in [0.3, 0.4) is 0 Å². The molecule has 1 aliphatic heterocycles. The largest absolute Gasteiger partial charge is 0.371 e. The molecule has 1 aromatic carbocycles. The molecule has 1 heterocycles. The number of morpholine rings is 1. The molecule has 0 saturated carbocycles. The summed E-state index contributed by atoms with van der Waals surface area (Å²) >= 11 is 11.0. The Bertz CT molecular complexity index is 351. The van der Waals surface area contributed by atoms with Gasteiger partial charge in [0, 0.05) is 13.1 Å². The van der Waals surface area contributed by atoms with Crippen molar-refractivity contribution in [3.63, 3.8) is 0 Å². The maximum absolute atomic E-state index is 5.91. The molecule has 0 aromatic heterocycles. The summed E-state index contributed by atoms with van der Waals surface area (Å²) < 4.78 is 5.65. The quantitative estimate of drug-likeness (QED) is 0.821. The molecular formula is C10H13ClNOPS. The Hall–Kier alpha value is 0.0800. The lowest BCUT2D eigenvalue weighted by atomic mass is 10.1. The van der Waals surface area contributed by atoms with Crippen molar-refractivity contribution >= 4 is 34.4 Å². The molecule has 1 aliphatic rings. The monoisotopic (exact) mass is 261 g/mol. The van der Waals surface area contributed by atoms with E-state index in [1.807, 2.05) is 12.1 Å². The van der Waals surface area contributed by atoms with Gasteiger partial charge in [0.1, 0.15) is 0 Å². The van der Waals surface area contributed by atoms with Crippen LogP contribution in [0.15, 0.2) is 24.3 Å². The molecule has 2 rings (SSSR count). The molecule has 0 radical (unpaired) electrons. The van der Waals surface area contributed by atoms with Crippen LogP contribution in [0.5, 0.6) is 0 Å². The van der Waals surface area contributed by atoms with Gasteiger partial charge in [-0.15, -0.1) is 0 Å². The van der Waals surface area contributed by atoms with Gasteiger partial charge in [0.15, 0.2) is 0 Å². The Morgan fingerprint density at radius 3 is 2.67 bits per heavy atom. The summed E-state index contributed by atoms with van der Waals surface area (Å²) in [6, 6.07) is 6.90. The fourth-order valence-corrected chi connectivity index (χ4v) is 2.82. The number of ether oxygens (including phenoxy) is 1. The highest BCUT2D eigenvalue weighted by Crippen LogP contribution is 2.27. The van der Waals surface area contributed by atoms with Crippen LogP contribution in [0.25, 0.3) is 0 Å². The van der Waals surface area contributed by atoms with Crippen LogP contribution in [-0.4, -0.2) is 19.7 Å². The van der Waals surface area contributed by atoms with Crippen LogP contribution >= 0.6 is 17.3 Å². The van der Waals surface area contributed by atoms with Crippen LogP contribution in [0.4, 0.5) is 0 Å². The number of nitrogens with one attached hydrogen (secondary N) is 1. The highest BCUT2D eigenvalue weighted by atomic mass is 35.7. The van der Waals surface area contributed by atoms with Crippen molar-refractivity contribution in [2.75, 3.05) is 19.7 Å². The molecule has 0 amide bonds. The summed E-state index contributed by atoms with van der Waals surface area (Å²) in [5.41, 5.74) is 1.20. The summed E-state index contributed by atoms with van der Waals surface area (Å²) in [6.07, 6.45) is 0.170. The predicted molar refractivity (Wildman–Crippen MR) is 69.2 cm³/mol. The van der Waals surface area contributed by atoms with Gasteiger partial charge in [-0.1, -0.05) is 47.3 Å². The lowest BCUT2D eigenvalue weighted by molar-refractivity contribution is 0.0277. The SMILES string of the molecule is S=[PH](Cl)c1ccc(C2CNCCO2)cc1. The van der Waals surface area contributed by atoms with Gasteiger partial charge >= 0.3 is 0 Å². The Kier molecular flexibility index (Phi) is 4.18. The van der Waals surface area contributed by atoms with E-state index in [-0.39, 0.29) is 6.10 Å². The molecular weight excluding hydrogens is 249 g/mol. The minimum Gasteiger partial charge on any atom is -0.371 e. The first-order valence-electron chi connectivity index (χ1n) is 4.89. The summed E-state index contributed by atoms with van der Waals surface area (Å²) in [4.78, 5) is 0. The van der Waals surface area contributed by atoms with Gasteiger partial charge in [-0.3, -0.25) is 0 Å². The van der Waals surface area contributed by atoms with Crippen molar-refractivity contribution in [1.29, 1.82) is 0 Å². The van der Waals surface area contributed by atoms with E-state index in [2.05, 4.69) is 17.4 Å². The van der Waals surface area contributed by atoms with E-state index in [4.69, 9.17) is 27.8 Å². The number of hydrogen-bond acceptors (Lipinski definition) is 3. The van der Waals surface area contributed by atoms with E-state index in [0.29, 0.717) is 0 Å². The maximum Gasteiger partial charge on any atom is 0.0949 e. The molecule has 2 atom stereocenters. The van der Waals surface area contributed by atoms with Crippen LogP contribution in [0, 0.1) is 0 Å². The normalized spacial score (nSPS) is 23.7. The standard InChI is InChI=1S/C10H13ClNOPS/c11-14(15)9-3-1-8(2-4-9)10-7-12-5-6-13-10/h1-4,10,12,14H,5-7H2. The molecule has 82 valence electrons. The molecule has 1 fully saturated rings. The van der Waals surface area contributed by atoms with Crippen LogP contribution in [0.1, 0.15) is 11.7 Å². The number of hydrogen-bond donors (Lipinski definition) is 1. The van der Waals surface area contributed by atoms with Crippen molar-refractivity contribution in [3.8, 4) is 0 Å². The van der Waals surface area contributed by atoms with Gasteiger partial charge in [0.25, 0.3) is 0 Å². The number of halogens is 1. The zero-order valence-corrected chi connectivity index (χ0v) is 10.8. The van der Waals surface area contributed by atoms with Gasteiger partial charge in [0.05, 0.1) is 18.8 Å². The molecule has 1 aromatic rings. The summed E-state index contributed by atoms with van der Waals surface area (Å²) in [6.45, 7) is 2.60. The van der Waals surface area contributed by atoms with E-state index in [1.54, 1.807) is 0 Å². The molecule has 0 spiro atoms. The van der Waals surface area contributed by atoms with Crippen LogP contribution < -0.4 is 10.6 Å². The molecule has 2 unspecified atom stereocenters. The third-order valence-corrected chi connectivity index (χ3v) is 4.59. The number of rotatable bonds is 2. The van der Waals surface area contributed by atoms with Crippen LogP contribution in [0.2, 0.25) is 0 Å². The molecule has 0 aliphatic carbocycles. The van der Waals surface area contributed by atoms with Gasteiger partial charge in [-0.2, -0.15) is 0 Å². The second-order valence-corrected chi connectivity index (χ2v) is 7.61. The fourth-order valence-electron chi connectivity index (χ4n) is 1.61. The molecule has 15 heavy (non-hydrogen) atoms. The second-order valence-electron chi connectivity index (χ2n) is 3.46. The van der Waals surface area contributed by atoms with Crippen molar-refractivity contribution in [2.24, 2.45) is 0 Å². The lowest BCUT2D eigenvalue weighted by Gasteiger charge is -2.24. The van der Waals surface area contributed by atoms with Gasteiger partial charge in [-0.25, -0.2) is 0 Å². The van der Waals surface area contributed by atoms with Crippen molar-refractivity contribution in [3.05, 3.63) is 29.8 Å². The highest BCUT2D eigenvalue weighted by molar-refractivity contribution is 8.20. The van der Waals surface area contributed by atoms with E-state index >= 15 is 0 Å². The lowest BCUT2D eigenvalue weighted by Crippen LogP contribution is -2.33. The summed E-state index contributed by atoms with van der Waals surface area (Å²) in [5, 5.41) is 4.38. The molecule has 1 N–H and O–H groups in total. The molecule has 2 nitrogen and oxygen atoms in total. The van der Waals surface area contributed by atoms with E-state index in [1.165, 1.54) is 5.56 Å². The van der Waals surface area contributed by atoms with Crippen molar-refractivity contribution < 1.29 is 4.74 Å². The first-order chi connectivity index (χ1) is 7.27. The predicted octanol–water partition coefficient (Wildman–Crippen LogP) is 1.80. The van der Waals surface area contributed by atoms with Crippen molar-refractivity contribution in [1.82, 2.24) is 5.32 Å². The van der Waals surface area contributed by atoms with Gasteiger partial charge in [0.2, 0.25) is 0 Å². The average molecular weight is 262 g/mol. The maximum atomic E-state index is 5.91. The molecule has 5 heteroatoms. The van der Waals surface area contributed by atoms with E-state index < -0.39 is 6.05 Å². The van der Waals surface area contributed by atoms with E-state index in [0.717, 1.165) is 25.0 Å². The Morgan fingerprint density at radius 1 is 1.40 bits per heavy atom. The summed E-state index contributed by atoms with van der Waals surface area (Å²) in [7, 11) is 0. The van der Waals surface area contributed by atoms with Gasteiger partial charge in [-0.05, 0) is 10.9 Å². The Labute approximate surface area is 100 Å². The highest BCUT2D eigenvalue weighted by Gasteiger charge is 2.15. The second kappa shape index (κ2) is 5.42. The van der Waals surface area contributed by atoms with Gasteiger partial charge < -0.3 is 10.1 Å². The minimum atomic E-state index is -1.26. The fraction of sp³-hybridized carbons (Fsp3) is 0.400. The molecule has 1 saturated heterocycles. The third-order valence-electron chi connectivity index (χ3n) is 2.44. The molecule has 0 bridgehead atoms. The zero-order chi connectivity index (χ0) is 10.7. The first kappa shape index (κ1) is 11.6. The van der Waals surface area contributed by atoms with E-state index in [9.17, 15) is 0 Å².